The number of amides is 1. The van der Waals surface area contributed by atoms with Gasteiger partial charge in [0, 0.05) is 6.54 Å². The first-order chi connectivity index (χ1) is 10.3. The Kier molecular flexibility index (Phi) is 4.34. The molecule has 3 rings (SSSR count). The van der Waals surface area contributed by atoms with Gasteiger partial charge >= 0.3 is 0 Å². The molecule has 0 aliphatic heterocycles. The number of carbonyl (C=O) groups excluding carboxylic acids is 1. The minimum atomic E-state index is 0.0922. The van der Waals surface area contributed by atoms with Gasteiger partial charge in [0.15, 0.2) is 0 Å². The van der Waals surface area contributed by atoms with E-state index in [1.165, 1.54) is 30.4 Å². The molecule has 1 aliphatic carbocycles. The molecule has 2 aromatic rings. The van der Waals surface area contributed by atoms with Crippen LogP contribution in [0, 0.1) is 0 Å². The molecule has 0 saturated carbocycles. The van der Waals surface area contributed by atoms with Crippen molar-refractivity contribution in [2.24, 2.45) is 0 Å². The average Bonchev–Trinajstić information content (AvgIpc) is 2.54. The Balaban J connectivity index is 1.57. The van der Waals surface area contributed by atoms with Crippen molar-refractivity contribution in [2.45, 2.75) is 38.6 Å². The lowest BCUT2D eigenvalue weighted by Gasteiger charge is -2.16. The molecule has 0 bridgehead atoms. The van der Waals surface area contributed by atoms with Crippen LogP contribution >= 0.6 is 0 Å². The van der Waals surface area contributed by atoms with Gasteiger partial charge in [-0.2, -0.15) is 0 Å². The summed E-state index contributed by atoms with van der Waals surface area (Å²) in [6, 6.07) is 16.5. The van der Waals surface area contributed by atoms with Gasteiger partial charge in [-0.1, -0.05) is 48.5 Å². The van der Waals surface area contributed by atoms with Crippen molar-refractivity contribution >= 4 is 5.91 Å². The maximum atomic E-state index is 12.0. The van der Waals surface area contributed by atoms with Gasteiger partial charge in [0.25, 0.3) is 0 Å². The molecule has 2 nitrogen and oxygen atoms in total. The van der Waals surface area contributed by atoms with Gasteiger partial charge < -0.3 is 5.32 Å². The van der Waals surface area contributed by atoms with E-state index in [9.17, 15) is 4.79 Å². The van der Waals surface area contributed by atoms with Gasteiger partial charge in [-0.3, -0.25) is 4.79 Å². The van der Waals surface area contributed by atoms with Crippen LogP contribution in [-0.2, 0) is 30.6 Å². The zero-order valence-corrected chi connectivity index (χ0v) is 12.3. The highest BCUT2D eigenvalue weighted by atomic mass is 16.1. The number of aryl methyl sites for hydroxylation is 2. The molecule has 0 aromatic heterocycles. The van der Waals surface area contributed by atoms with Gasteiger partial charge in [0.1, 0.15) is 0 Å². The average molecular weight is 279 g/mol. The first-order valence-corrected chi connectivity index (χ1v) is 7.72. The van der Waals surface area contributed by atoms with E-state index >= 15 is 0 Å². The van der Waals surface area contributed by atoms with Crippen LogP contribution in [0.3, 0.4) is 0 Å². The van der Waals surface area contributed by atoms with Crippen LogP contribution in [0.25, 0.3) is 0 Å². The van der Waals surface area contributed by atoms with Crippen molar-refractivity contribution < 1.29 is 4.79 Å². The number of benzene rings is 2. The van der Waals surface area contributed by atoms with E-state index in [2.05, 4.69) is 23.5 Å². The molecule has 1 amide bonds. The van der Waals surface area contributed by atoms with E-state index in [1.54, 1.807) is 0 Å². The molecular weight excluding hydrogens is 258 g/mol. The molecule has 0 saturated heterocycles. The summed E-state index contributed by atoms with van der Waals surface area (Å²) in [5.74, 6) is 0.0922. The summed E-state index contributed by atoms with van der Waals surface area (Å²) in [6.45, 7) is 0.602. The smallest absolute Gasteiger partial charge is 0.224 e. The highest BCUT2D eigenvalue weighted by Crippen LogP contribution is 2.22. The first-order valence-electron chi connectivity index (χ1n) is 7.72. The zero-order valence-electron chi connectivity index (χ0n) is 12.3. The van der Waals surface area contributed by atoms with E-state index in [0.717, 1.165) is 17.5 Å². The fourth-order valence-corrected chi connectivity index (χ4v) is 2.94. The van der Waals surface area contributed by atoms with Crippen molar-refractivity contribution in [3.63, 3.8) is 0 Å². The Morgan fingerprint density at radius 3 is 2.48 bits per heavy atom. The molecule has 0 radical (unpaired) electrons. The maximum absolute atomic E-state index is 12.0. The largest absolute Gasteiger partial charge is 0.352 e. The number of hydrogen-bond donors (Lipinski definition) is 1. The van der Waals surface area contributed by atoms with Gasteiger partial charge in [0.2, 0.25) is 5.91 Å². The summed E-state index contributed by atoms with van der Waals surface area (Å²) < 4.78 is 0. The zero-order chi connectivity index (χ0) is 14.5. The third-order valence-electron chi connectivity index (χ3n) is 4.11. The molecule has 108 valence electrons. The molecule has 2 aromatic carbocycles. The lowest BCUT2D eigenvalue weighted by atomic mass is 9.90. The maximum Gasteiger partial charge on any atom is 0.224 e. The summed E-state index contributed by atoms with van der Waals surface area (Å²) in [7, 11) is 0. The monoisotopic (exact) mass is 279 g/mol. The second-order valence-corrected chi connectivity index (χ2v) is 5.75. The van der Waals surface area contributed by atoms with Crippen molar-refractivity contribution in [3.05, 3.63) is 70.8 Å². The van der Waals surface area contributed by atoms with E-state index < -0.39 is 0 Å². The van der Waals surface area contributed by atoms with Crippen molar-refractivity contribution in [2.75, 3.05) is 0 Å². The van der Waals surface area contributed by atoms with E-state index in [0.29, 0.717) is 13.0 Å². The highest BCUT2D eigenvalue weighted by Gasteiger charge is 2.11. The van der Waals surface area contributed by atoms with Crippen LogP contribution < -0.4 is 5.32 Å². The summed E-state index contributed by atoms with van der Waals surface area (Å²) >= 11 is 0. The summed E-state index contributed by atoms with van der Waals surface area (Å²) in [5, 5.41) is 2.99. The molecule has 1 aliphatic rings. The summed E-state index contributed by atoms with van der Waals surface area (Å²) in [5.41, 5.74) is 5.17. The Bertz CT molecular complexity index is 619. The van der Waals surface area contributed by atoms with Crippen molar-refractivity contribution in [1.82, 2.24) is 5.32 Å². The molecule has 21 heavy (non-hydrogen) atoms. The number of nitrogens with one attached hydrogen (secondary N) is 1. The van der Waals surface area contributed by atoms with Gasteiger partial charge in [-0.25, -0.2) is 0 Å². The predicted octanol–water partition coefficient (Wildman–Crippen LogP) is 3.42. The Labute approximate surface area is 126 Å². The first kappa shape index (κ1) is 13.9. The van der Waals surface area contributed by atoms with Crippen molar-refractivity contribution in [1.29, 1.82) is 0 Å². The second-order valence-electron chi connectivity index (χ2n) is 5.75. The molecule has 0 fully saturated rings. The SMILES string of the molecule is O=C(Cc1ccc2c(c1)CCCC2)NCc1ccccc1. The Morgan fingerprint density at radius 2 is 1.67 bits per heavy atom. The molecule has 0 spiro atoms. The third-order valence-corrected chi connectivity index (χ3v) is 4.11. The number of carbonyl (C=O) groups is 1. The topological polar surface area (TPSA) is 29.1 Å². The van der Waals surface area contributed by atoms with E-state index in [4.69, 9.17) is 0 Å². The van der Waals surface area contributed by atoms with Gasteiger partial charge in [0.05, 0.1) is 6.42 Å². The summed E-state index contributed by atoms with van der Waals surface area (Å²) in [6.07, 6.45) is 5.39. The molecule has 2 heteroatoms. The van der Waals surface area contributed by atoms with Crippen LogP contribution in [-0.4, -0.2) is 5.91 Å². The molecular formula is C19H21NO. The van der Waals surface area contributed by atoms with Crippen molar-refractivity contribution in [3.8, 4) is 0 Å². The second kappa shape index (κ2) is 6.57. The lowest BCUT2D eigenvalue weighted by molar-refractivity contribution is -0.120. The molecule has 1 N–H and O–H groups in total. The predicted molar refractivity (Wildman–Crippen MR) is 85.1 cm³/mol. The molecule has 0 unspecified atom stereocenters. The molecule has 0 atom stereocenters. The quantitative estimate of drug-likeness (QED) is 0.913. The fraction of sp³-hybridized carbons (Fsp3) is 0.316. The summed E-state index contributed by atoms with van der Waals surface area (Å²) in [4.78, 5) is 12.0. The van der Waals surface area contributed by atoms with Crippen LogP contribution in [0.5, 0.6) is 0 Å². The standard InChI is InChI=1S/C19H21NO/c21-19(20-14-15-6-2-1-3-7-15)13-16-10-11-17-8-4-5-9-18(17)12-16/h1-3,6-7,10-12H,4-5,8-9,13-14H2,(H,20,21). The normalized spacial score (nSPS) is 13.5. The number of rotatable bonds is 4. The Morgan fingerprint density at radius 1 is 0.905 bits per heavy atom. The third kappa shape index (κ3) is 3.72. The minimum absolute atomic E-state index is 0.0922. The van der Waals surface area contributed by atoms with Gasteiger partial charge in [-0.05, 0) is 47.9 Å². The van der Waals surface area contributed by atoms with Gasteiger partial charge in [-0.15, -0.1) is 0 Å². The minimum Gasteiger partial charge on any atom is -0.352 e. The van der Waals surface area contributed by atoms with E-state index in [1.807, 2.05) is 30.3 Å². The van der Waals surface area contributed by atoms with E-state index in [-0.39, 0.29) is 5.91 Å². The fourth-order valence-electron chi connectivity index (χ4n) is 2.94. The number of fused-ring (bicyclic) bond motifs is 1. The van der Waals surface area contributed by atoms with Crippen LogP contribution in [0.4, 0.5) is 0 Å². The van der Waals surface area contributed by atoms with Crippen LogP contribution in [0.1, 0.15) is 35.1 Å². The van der Waals surface area contributed by atoms with Crippen LogP contribution in [0.15, 0.2) is 48.5 Å². The number of hydrogen-bond acceptors (Lipinski definition) is 1. The van der Waals surface area contributed by atoms with Crippen LogP contribution in [0.2, 0.25) is 0 Å². The molecule has 0 heterocycles. The Hall–Kier alpha value is -2.09. The lowest BCUT2D eigenvalue weighted by Crippen LogP contribution is -2.24. The highest BCUT2D eigenvalue weighted by molar-refractivity contribution is 5.78.